The second kappa shape index (κ2) is 3.48. The van der Waals surface area contributed by atoms with Gasteiger partial charge in [-0.2, -0.15) is 0 Å². The van der Waals surface area contributed by atoms with Gasteiger partial charge in [-0.25, -0.2) is 0 Å². The van der Waals surface area contributed by atoms with Crippen LogP contribution in [0.1, 0.15) is 33.6 Å². The summed E-state index contributed by atoms with van der Waals surface area (Å²) in [6.07, 6.45) is 3.23. The summed E-state index contributed by atoms with van der Waals surface area (Å²) in [5, 5.41) is 0. The monoisotopic (exact) mass is 278 g/mol. The van der Waals surface area contributed by atoms with Crippen LogP contribution >= 0.6 is 22.6 Å². The van der Waals surface area contributed by atoms with E-state index < -0.39 is 0 Å². The lowest BCUT2D eigenvalue weighted by Gasteiger charge is -2.36. The van der Waals surface area contributed by atoms with Crippen LogP contribution in [0.2, 0.25) is 0 Å². The van der Waals surface area contributed by atoms with Crippen LogP contribution in [0.25, 0.3) is 0 Å². The second-order valence-electron chi connectivity index (χ2n) is 4.10. The Kier molecular flexibility index (Phi) is 2.97. The van der Waals surface area contributed by atoms with Gasteiger partial charge in [-0.3, -0.25) is 0 Å². The molecule has 0 N–H and O–H groups in total. The van der Waals surface area contributed by atoms with E-state index in [1.165, 1.54) is 9.15 Å². The van der Waals surface area contributed by atoms with Crippen LogP contribution in [0.3, 0.4) is 0 Å². The van der Waals surface area contributed by atoms with Crippen LogP contribution in [-0.4, -0.2) is 6.29 Å². The highest BCUT2D eigenvalue weighted by Crippen LogP contribution is 2.46. The van der Waals surface area contributed by atoms with Crippen molar-refractivity contribution in [1.82, 2.24) is 0 Å². The third-order valence-corrected chi connectivity index (χ3v) is 5.17. The number of hydrogen-bond donors (Lipinski definition) is 0. The summed E-state index contributed by atoms with van der Waals surface area (Å²) in [4.78, 5) is 10.8. The lowest BCUT2D eigenvalue weighted by atomic mass is 9.72. The molecule has 0 unspecified atom stereocenters. The number of carbonyl (C=O) groups excluding carboxylic acids is 1. The van der Waals surface area contributed by atoms with Crippen LogP contribution in [-0.2, 0) is 4.79 Å². The Bertz CT molecular complexity index is 228. The fraction of sp³-hybridized carbons (Fsp3) is 0.700. The van der Waals surface area contributed by atoms with Crippen molar-refractivity contribution in [3.05, 3.63) is 9.15 Å². The van der Waals surface area contributed by atoms with E-state index in [0.717, 1.165) is 19.1 Å². The Morgan fingerprint density at radius 2 is 2.17 bits per heavy atom. The molecule has 0 aromatic carbocycles. The van der Waals surface area contributed by atoms with E-state index in [-0.39, 0.29) is 11.3 Å². The molecule has 2 heteroatoms. The molecule has 12 heavy (non-hydrogen) atoms. The number of carbonyl (C=O) groups is 1. The molecule has 1 atom stereocenters. The van der Waals surface area contributed by atoms with Gasteiger partial charge in [-0.1, -0.05) is 19.4 Å². The van der Waals surface area contributed by atoms with Gasteiger partial charge in [-0.05, 0) is 45.9 Å². The van der Waals surface area contributed by atoms with Crippen molar-refractivity contribution in [2.24, 2.45) is 11.3 Å². The van der Waals surface area contributed by atoms with Crippen molar-refractivity contribution >= 4 is 28.9 Å². The lowest BCUT2D eigenvalue weighted by molar-refractivity contribution is -0.113. The summed E-state index contributed by atoms with van der Waals surface area (Å²) in [6.45, 7) is 6.50. The molecule has 0 radical (unpaired) electrons. The topological polar surface area (TPSA) is 17.1 Å². The summed E-state index contributed by atoms with van der Waals surface area (Å²) in [7, 11) is 0. The molecule has 0 spiro atoms. The first-order valence-electron chi connectivity index (χ1n) is 4.31. The van der Waals surface area contributed by atoms with Gasteiger partial charge in [0.1, 0.15) is 6.29 Å². The van der Waals surface area contributed by atoms with E-state index in [0.29, 0.717) is 0 Å². The van der Waals surface area contributed by atoms with E-state index >= 15 is 0 Å². The van der Waals surface area contributed by atoms with Crippen LogP contribution < -0.4 is 0 Å². The van der Waals surface area contributed by atoms with Gasteiger partial charge in [0, 0.05) is 11.3 Å². The SMILES string of the molecule is CC1=C(I)C(C)(C)[C@@H](C=O)CC1. The Labute approximate surface area is 87.8 Å². The highest BCUT2D eigenvalue weighted by Gasteiger charge is 2.35. The molecular formula is C10H15IO. The highest BCUT2D eigenvalue weighted by molar-refractivity contribution is 14.1. The Morgan fingerprint density at radius 1 is 1.58 bits per heavy atom. The zero-order valence-corrected chi connectivity index (χ0v) is 10.0. The number of allylic oxidation sites excluding steroid dienone is 2. The first-order chi connectivity index (χ1) is 5.50. The molecule has 68 valence electrons. The van der Waals surface area contributed by atoms with E-state index in [1.54, 1.807) is 0 Å². The van der Waals surface area contributed by atoms with Crippen LogP contribution in [0.5, 0.6) is 0 Å². The van der Waals surface area contributed by atoms with Crippen molar-refractivity contribution in [3.8, 4) is 0 Å². The maximum absolute atomic E-state index is 10.8. The maximum Gasteiger partial charge on any atom is 0.123 e. The minimum Gasteiger partial charge on any atom is -0.303 e. The molecule has 0 bridgehead atoms. The summed E-state index contributed by atoms with van der Waals surface area (Å²) in [5.74, 6) is 0.216. The van der Waals surface area contributed by atoms with Gasteiger partial charge in [-0.15, -0.1) is 0 Å². The normalized spacial score (nSPS) is 28.8. The second-order valence-corrected chi connectivity index (χ2v) is 5.18. The molecular weight excluding hydrogens is 263 g/mol. The Balaban J connectivity index is 3.02. The predicted molar refractivity (Wildman–Crippen MR) is 59.3 cm³/mol. The van der Waals surface area contributed by atoms with Gasteiger partial charge in [0.2, 0.25) is 0 Å². The van der Waals surface area contributed by atoms with Crippen molar-refractivity contribution < 1.29 is 4.79 Å². The van der Waals surface area contributed by atoms with Crippen molar-refractivity contribution in [3.63, 3.8) is 0 Å². The molecule has 1 rings (SSSR count). The molecule has 0 aromatic heterocycles. The van der Waals surface area contributed by atoms with E-state index in [9.17, 15) is 4.79 Å². The third kappa shape index (κ3) is 1.58. The maximum atomic E-state index is 10.8. The fourth-order valence-corrected chi connectivity index (χ4v) is 2.46. The fourth-order valence-electron chi connectivity index (χ4n) is 1.79. The van der Waals surface area contributed by atoms with Crippen molar-refractivity contribution in [2.45, 2.75) is 33.6 Å². The third-order valence-electron chi connectivity index (χ3n) is 2.86. The average Bonchev–Trinajstić information content (AvgIpc) is 2.01. The van der Waals surface area contributed by atoms with Crippen LogP contribution in [0, 0.1) is 11.3 Å². The highest BCUT2D eigenvalue weighted by atomic mass is 127. The summed E-state index contributed by atoms with van der Waals surface area (Å²) in [5.41, 5.74) is 1.53. The predicted octanol–water partition coefficient (Wildman–Crippen LogP) is 3.33. The zero-order chi connectivity index (χ0) is 9.35. The molecule has 1 aliphatic carbocycles. The smallest absolute Gasteiger partial charge is 0.123 e. The first kappa shape index (κ1) is 10.2. The van der Waals surface area contributed by atoms with Gasteiger partial charge in [0.15, 0.2) is 0 Å². The summed E-state index contributed by atoms with van der Waals surface area (Å²) < 4.78 is 1.38. The standard InChI is InChI=1S/C10H15IO/c1-7-4-5-8(6-12)10(2,3)9(7)11/h6,8H,4-5H2,1-3H3/t8-/m1/s1. The average molecular weight is 278 g/mol. The Hall–Kier alpha value is 0.140. The zero-order valence-electron chi connectivity index (χ0n) is 7.86. The van der Waals surface area contributed by atoms with Gasteiger partial charge < -0.3 is 4.79 Å². The van der Waals surface area contributed by atoms with Gasteiger partial charge in [0.25, 0.3) is 0 Å². The number of aldehydes is 1. The summed E-state index contributed by atoms with van der Waals surface area (Å²) >= 11 is 2.38. The molecule has 0 saturated carbocycles. The summed E-state index contributed by atoms with van der Waals surface area (Å²) in [6, 6.07) is 0. The molecule has 0 aliphatic heterocycles. The molecule has 1 nitrogen and oxygen atoms in total. The molecule has 0 aromatic rings. The molecule has 0 amide bonds. The van der Waals surface area contributed by atoms with Gasteiger partial charge >= 0.3 is 0 Å². The minimum absolute atomic E-state index is 0.0741. The first-order valence-corrected chi connectivity index (χ1v) is 5.39. The van der Waals surface area contributed by atoms with Gasteiger partial charge in [0.05, 0.1) is 0 Å². The van der Waals surface area contributed by atoms with Crippen molar-refractivity contribution in [1.29, 1.82) is 0 Å². The molecule has 1 aliphatic rings. The number of halogens is 1. The van der Waals surface area contributed by atoms with Crippen LogP contribution in [0.15, 0.2) is 9.15 Å². The largest absolute Gasteiger partial charge is 0.303 e. The number of hydrogen-bond acceptors (Lipinski definition) is 1. The molecule has 0 saturated heterocycles. The molecule has 0 heterocycles. The minimum atomic E-state index is 0.0741. The molecule has 0 fully saturated rings. The quantitative estimate of drug-likeness (QED) is 0.531. The lowest BCUT2D eigenvalue weighted by Crippen LogP contribution is -2.29. The van der Waals surface area contributed by atoms with Crippen molar-refractivity contribution in [2.75, 3.05) is 0 Å². The number of rotatable bonds is 1. The van der Waals surface area contributed by atoms with E-state index in [2.05, 4.69) is 43.4 Å². The Morgan fingerprint density at radius 3 is 2.67 bits per heavy atom. The van der Waals surface area contributed by atoms with E-state index in [1.807, 2.05) is 0 Å². The van der Waals surface area contributed by atoms with Crippen LogP contribution in [0.4, 0.5) is 0 Å². The van der Waals surface area contributed by atoms with E-state index in [4.69, 9.17) is 0 Å².